The number of carbonyl (C=O) groups excluding carboxylic acids is 5. The third-order valence-corrected chi connectivity index (χ3v) is 14.6. The van der Waals surface area contributed by atoms with Crippen molar-refractivity contribution in [2.75, 3.05) is 33.0 Å². The number of ether oxygens (including phenoxy) is 16. The van der Waals surface area contributed by atoms with Crippen molar-refractivity contribution in [1.29, 1.82) is 0 Å². The van der Waals surface area contributed by atoms with Gasteiger partial charge in [-0.05, 0) is 183 Å². The normalized spacial score (nSPS) is 13.1. The van der Waals surface area contributed by atoms with Crippen LogP contribution in [0, 0.1) is 21.7 Å². The van der Waals surface area contributed by atoms with Crippen molar-refractivity contribution in [2.24, 2.45) is 21.7 Å². The molecule has 5 unspecified atom stereocenters. The van der Waals surface area contributed by atoms with Gasteiger partial charge < -0.3 is 101 Å². The molecule has 0 fully saturated rings. The largest absolute Gasteiger partial charge is 0.514 e. The number of benzene rings is 4. The molecule has 0 aromatic heterocycles. The predicted octanol–water partition coefficient (Wildman–Crippen LogP) is 15.8. The highest BCUT2D eigenvalue weighted by Gasteiger charge is 2.33. The zero-order chi connectivity index (χ0) is 76.0. The molecule has 0 bridgehead atoms. The molecule has 4 aromatic carbocycles. The maximum atomic E-state index is 12.4. The molecule has 4 rings (SSSR count). The lowest BCUT2D eigenvalue weighted by Crippen LogP contribution is -2.28. The van der Waals surface area contributed by atoms with Crippen LogP contribution in [0.3, 0.4) is 0 Å². The fourth-order valence-electron chi connectivity index (χ4n) is 7.15. The van der Waals surface area contributed by atoms with Crippen LogP contribution >= 0.6 is 0 Å². The van der Waals surface area contributed by atoms with Gasteiger partial charge in [0.05, 0.1) is 21.7 Å². The van der Waals surface area contributed by atoms with Gasteiger partial charge in [-0.3, -0.25) is 19.2 Å². The van der Waals surface area contributed by atoms with Crippen LogP contribution in [0.1, 0.15) is 199 Å². The number of hydrogen-bond donors (Lipinski definition) is 5. The molecule has 0 aliphatic heterocycles. The van der Waals surface area contributed by atoms with Gasteiger partial charge in [0.15, 0.2) is 77.4 Å². The van der Waals surface area contributed by atoms with Gasteiger partial charge >= 0.3 is 30.0 Å². The maximum Gasteiger partial charge on any atom is 0.514 e. The van der Waals surface area contributed by atoms with Crippen molar-refractivity contribution in [3.05, 3.63) is 54.6 Å². The summed E-state index contributed by atoms with van der Waals surface area (Å²) in [5.74, 6) is -2.18. The second kappa shape index (κ2) is 41.4. The fourth-order valence-corrected chi connectivity index (χ4v) is 7.15. The fraction of sp³-hybridized carbons (Fsp3) is 0.603. The maximum absolute atomic E-state index is 12.4. The Kier molecular flexibility index (Phi) is 37.2. The van der Waals surface area contributed by atoms with Crippen LogP contribution in [0.25, 0.3) is 0 Å². The van der Waals surface area contributed by atoms with E-state index in [2.05, 4.69) is 0 Å². The Hall–Kier alpha value is -8.17. The Morgan fingerprint density at radius 1 is 0.333 bits per heavy atom. The van der Waals surface area contributed by atoms with Crippen molar-refractivity contribution in [3.63, 3.8) is 0 Å². The Morgan fingerprint density at radius 3 is 0.939 bits per heavy atom. The van der Waals surface area contributed by atoms with Gasteiger partial charge in [-0.15, -0.1) is 0 Å². The van der Waals surface area contributed by atoms with Gasteiger partial charge in [-0.1, -0.05) is 27.7 Å². The Labute approximate surface area is 584 Å². The molecule has 0 radical (unpaired) electrons. The molecular weight excluding hydrogens is 1290 g/mol. The minimum absolute atomic E-state index is 0.0536. The number of esters is 4. The predicted molar refractivity (Wildman–Crippen MR) is 368 cm³/mol. The van der Waals surface area contributed by atoms with E-state index in [4.69, 9.17) is 75.8 Å². The highest BCUT2D eigenvalue weighted by atomic mass is 16.7. The number of carbonyl (C=O) groups is 5. The third-order valence-electron chi connectivity index (χ3n) is 14.6. The molecular formula is C73H112O26. The molecule has 0 saturated heterocycles. The zero-order valence-electron chi connectivity index (χ0n) is 62.8. The lowest BCUT2D eigenvalue weighted by molar-refractivity contribution is -0.144. The smallest absolute Gasteiger partial charge is 0.504 e. The van der Waals surface area contributed by atoms with Crippen LogP contribution < -0.4 is 47.4 Å². The van der Waals surface area contributed by atoms with E-state index in [1.807, 2.05) is 55.4 Å². The average Bonchev–Trinajstić information content (AvgIpc) is 0.834. The van der Waals surface area contributed by atoms with E-state index in [-0.39, 0.29) is 92.2 Å². The van der Waals surface area contributed by atoms with Crippen molar-refractivity contribution >= 4 is 30.0 Å². The molecule has 26 nitrogen and oxygen atoms in total. The molecule has 0 aliphatic rings. The van der Waals surface area contributed by atoms with E-state index in [1.165, 1.54) is 54.6 Å². The van der Waals surface area contributed by atoms with Gasteiger partial charge in [0.25, 0.3) is 0 Å². The first-order valence-electron chi connectivity index (χ1n) is 33.3. The summed E-state index contributed by atoms with van der Waals surface area (Å²) in [5.41, 5.74) is -3.29. The summed E-state index contributed by atoms with van der Waals surface area (Å²) < 4.78 is 85.9. The van der Waals surface area contributed by atoms with Crippen LogP contribution in [0.5, 0.6) is 86.2 Å². The number of rotatable bonds is 33. The van der Waals surface area contributed by atoms with Gasteiger partial charge in [0, 0.05) is 75.5 Å². The van der Waals surface area contributed by atoms with E-state index in [1.54, 1.807) is 118 Å². The van der Waals surface area contributed by atoms with Crippen molar-refractivity contribution < 1.29 is 125 Å². The molecule has 0 aliphatic carbocycles. The summed E-state index contributed by atoms with van der Waals surface area (Å²) in [6, 6.07) is 12.1. The van der Waals surface area contributed by atoms with Gasteiger partial charge in [-0.2, -0.15) is 0 Å². The number of phenolic OH excluding ortho intramolecular Hbond substituents is 5. The molecule has 4 aromatic rings. The van der Waals surface area contributed by atoms with Crippen molar-refractivity contribution in [3.8, 4) is 86.2 Å². The molecule has 5 atom stereocenters. The quantitative estimate of drug-likeness (QED) is 0.0128. The van der Waals surface area contributed by atoms with Crippen LogP contribution in [0.4, 0.5) is 4.79 Å². The van der Waals surface area contributed by atoms with Crippen LogP contribution in [-0.4, -0.2) is 126 Å². The van der Waals surface area contributed by atoms with E-state index >= 15 is 0 Å². The first kappa shape index (κ1) is 88.8. The first-order chi connectivity index (χ1) is 45.9. The molecule has 26 heteroatoms. The second-order valence-corrected chi connectivity index (χ2v) is 25.7. The summed E-state index contributed by atoms with van der Waals surface area (Å²) >= 11 is 0. The van der Waals surface area contributed by atoms with E-state index in [9.17, 15) is 49.5 Å². The summed E-state index contributed by atoms with van der Waals surface area (Å²) in [4.78, 5) is 60.5. The first-order valence-corrected chi connectivity index (χ1v) is 33.3. The molecule has 0 heterocycles. The monoisotopic (exact) mass is 1400 g/mol. The topological polar surface area (TPSA) is 334 Å². The second-order valence-electron chi connectivity index (χ2n) is 25.7. The zero-order valence-corrected chi connectivity index (χ0v) is 62.8. The van der Waals surface area contributed by atoms with Crippen LogP contribution in [0.2, 0.25) is 0 Å². The molecule has 0 amide bonds. The summed E-state index contributed by atoms with van der Waals surface area (Å²) in [6.45, 7) is 46.8. The highest BCUT2D eigenvalue weighted by Crippen LogP contribution is 2.45. The number of aromatic hydroxyl groups is 5. The van der Waals surface area contributed by atoms with E-state index < -0.39 is 82.8 Å². The van der Waals surface area contributed by atoms with E-state index in [0.29, 0.717) is 58.7 Å². The molecule has 0 saturated carbocycles. The number of hydrogen-bond acceptors (Lipinski definition) is 26. The molecule has 0 spiro atoms. The lowest BCUT2D eigenvalue weighted by atomic mass is 9.91. The third kappa shape index (κ3) is 31.3. The van der Waals surface area contributed by atoms with E-state index in [0.717, 1.165) is 0 Å². The lowest BCUT2D eigenvalue weighted by Gasteiger charge is -2.23. The summed E-state index contributed by atoms with van der Waals surface area (Å²) in [6.07, 6.45) is -1.50. The summed E-state index contributed by atoms with van der Waals surface area (Å²) in [7, 11) is 0. The van der Waals surface area contributed by atoms with Crippen LogP contribution in [0.15, 0.2) is 54.6 Å². The molecule has 560 valence electrons. The minimum atomic E-state index is -0.954. The van der Waals surface area contributed by atoms with Gasteiger partial charge in [0.1, 0.15) is 28.6 Å². The minimum Gasteiger partial charge on any atom is -0.504 e. The van der Waals surface area contributed by atoms with Crippen LogP contribution in [-0.2, 0) is 47.6 Å². The molecule has 99 heavy (non-hydrogen) atoms. The van der Waals surface area contributed by atoms with Crippen molar-refractivity contribution in [2.45, 2.75) is 236 Å². The Bertz CT molecular complexity index is 3100. The number of phenols is 5. The highest BCUT2D eigenvalue weighted by molar-refractivity contribution is 5.81. The average molecular weight is 1410 g/mol. The van der Waals surface area contributed by atoms with Gasteiger partial charge in [0.2, 0.25) is 17.2 Å². The molecule has 5 N–H and O–H groups in total. The van der Waals surface area contributed by atoms with Gasteiger partial charge in [-0.25, -0.2) is 4.79 Å². The SMILES string of the molecule is CCC(C)(C)C(=O)Oc1ccc(O)c(OC(=O)OC(C)(C)C)c1.CCOC(C)Oc1c(O)cc(OC(=O)C(C)(C)CC)cc1O.CCOC(C)Oc1cc(OC(=O)C(C)(C)CC)cc(O)c1OC(C)OCC.CCOC(C)Oc1cc(OC(=O)C(C)(C)CC)cc(OC(C)OCC)c1O. The summed E-state index contributed by atoms with van der Waals surface area (Å²) in [5, 5.41) is 50.5. The Balaban J connectivity index is 0.000000662. The van der Waals surface area contributed by atoms with Crippen molar-refractivity contribution in [1.82, 2.24) is 0 Å². The standard InChI is InChI=1S/2C20H32O7.C17H24O6.C16H24O6/c1-8-20(6,7)19(22)27-15-11-16(25-13(4)23-9-2)18(21)17(12-15)26-14(5)24-10-3;1-8-20(6,7)19(22)27-15-11-16(21)18(26-14(5)24-10-3)17(12-15)25-13(4)23-9-2;1-7-17(5,6)14(19)21-11-8-9-12(18)13(10-11)22-15(20)23-16(2,3)4;1-6-16(4,5)15(19)22-11-8-12(17)14(13(18)9-11)21-10(3)20-7-2/h2*11-14,21H,8-10H2,1-7H3;8-10,18H,7H2,1-6H3;8-10,17-18H,6-7H2,1-5H3. The Morgan fingerprint density at radius 2 is 0.606 bits per heavy atom.